The van der Waals surface area contributed by atoms with Crippen molar-refractivity contribution in [1.82, 2.24) is 0 Å². The Bertz CT molecular complexity index is 449. The van der Waals surface area contributed by atoms with Gasteiger partial charge in [0.25, 0.3) is 0 Å². The molecule has 0 spiro atoms. The van der Waals surface area contributed by atoms with Crippen molar-refractivity contribution >= 4 is 28.2 Å². The van der Waals surface area contributed by atoms with E-state index in [0.717, 1.165) is 16.9 Å². The molecule has 0 unspecified atom stereocenters. The molecular formula is C12H15ClN2O. The van der Waals surface area contributed by atoms with Gasteiger partial charge in [-0.3, -0.25) is 0 Å². The van der Waals surface area contributed by atoms with Crippen molar-refractivity contribution in [2.24, 2.45) is 10.7 Å². The Morgan fingerprint density at radius 1 is 1.50 bits per heavy atom. The number of halogens is 1. The Kier molecular flexibility index (Phi) is 3.96. The van der Waals surface area contributed by atoms with Crippen molar-refractivity contribution in [1.29, 1.82) is 0 Å². The summed E-state index contributed by atoms with van der Waals surface area (Å²) in [6.07, 6.45) is 0. The Labute approximate surface area is 101 Å². The van der Waals surface area contributed by atoms with Gasteiger partial charge in [-0.15, -0.1) is 0 Å². The maximum Gasteiger partial charge on any atom is 0.122 e. The van der Waals surface area contributed by atoms with Gasteiger partial charge in [-0.2, -0.15) is 0 Å². The Morgan fingerprint density at radius 3 is 2.56 bits per heavy atom. The first-order valence-corrected chi connectivity index (χ1v) is 5.17. The maximum absolute atomic E-state index is 5.91. The van der Waals surface area contributed by atoms with Crippen molar-refractivity contribution in [2.45, 2.75) is 13.8 Å². The molecule has 2 N–H and O–H groups in total. The largest absolute Gasteiger partial charge is 0.496 e. The van der Waals surface area contributed by atoms with Gasteiger partial charge in [0.2, 0.25) is 0 Å². The zero-order chi connectivity index (χ0) is 12.3. The number of hydrogen-bond donors (Lipinski definition) is 1. The molecule has 0 bridgehead atoms. The van der Waals surface area contributed by atoms with Gasteiger partial charge in [0.15, 0.2) is 0 Å². The van der Waals surface area contributed by atoms with Crippen LogP contribution in [0.1, 0.15) is 18.1 Å². The monoisotopic (exact) mass is 238 g/mol. The maximum atomic E-state index is 5.91. The van der Waals surface area contributed by atoms with Crippen molar-refractivity contribution in [2.75, 3.05) is 7.11 Å². The fourth-order valence-corrected chi connectivity index (χ4v) is 1.54. The third kappa shape index (κ3) is 2.76. The predicted molar refractivity (Wildman–Crippen MR) is 69.6 cm³/mol. The van der Waals surface area contributed by atoms with Crippen LogP contribution in [0, 0.1) is 6.92 Å². The van der Waals surface area contributed by atoms with Crippen LogP contribution in [-0.2, 0) is 0 Å². The Morgan fingerprint density at radius 2 is 2.12 bits per heavy atom. The lowest BCUT2D eigenvalue weighted by atomic mass is 10.1. The van der Waals surface area contributed by atoms with E-state index in [-0.39, 0.29) is 0 Å². The number of aliphatic imine (C=N–C) groups is 1. The van der Waals surface area contributed by atoms with Crippen LogP contribution in [0.3, 0.4) is 0 Å². The second kappa shape index (κ2) is 5.03. The van der Waals surface area contributed by atoms with E-state index in [0.29, 0.717) is 16.6 Å². The number of ether oxygens (including phenoxy) is 1. The molecule has 1 aromatic carbocycles. The van der Waals surface area contributed by atoms with Gasteiger partial charge in [-0.05, 0) is 31.5 Å². The molecule has 1 aromatic rings. The SMILES string of the molecule is C=C(Cl)c1cc(OC)c(C)cc1/N=C(/C)N. The van der Waals surface area contributed by atoms with Crippen molar-refractivity contribution in [3.05, 3.63) is 29.8 Å². The molecule has 86 valence electrons. The minimum atomic E-state index is 0.415. The van der Waals surface area contributed by atoms with Crippen molar-refractivity contribution < 1.29 is 4.74 Å². The summed E-state index contributed by atoms with van der Waals surface area (Å²) in [5.74, 6) is 1.23. The standard InChI is InChI=1S/C12H15ClN2O/c1-7-5-11(15-9(3)14)10(8(2)13)6-12(7)16-4/h5-6H,2H2,1,3-4H3,(H2,14,15). The number of amidine groups is 1. The van der Waals surface area contributed by atoms with E-state index in [1.54, 1.807) is 14.0 Å². The number of benzene rings is 1. The van der Waals surface area contributed by atoms with Crippen LogP contribution < -0.4 is 10.5 Å². The van der Waals surface area contributed by atoms with Crippen molar-refractivity contribution in [3.63, 3.8) is 0 Å². The lowest BCUT2D eigenvalue weighted by molar-refractivity contribution is 0.411. The average Bonchev–Trinajstić information content (AvgIpc) is 2.16. The number of nitrogens with zero attached hydrogens (tertiary/aromatic N) is 1. The molecule has 16 heavy (non-hydrogen) atoms. The molecule has 0 heterocycles. The van der Waals surface area contributed by atoms with Gasteiger partial charge in [0.1, 0.15) is 5.75 Å². The minimum absolute atomic E-state index is 0.415. The molecule has 0 saturated carbocycles. The Hall–Kier alpha value is -1.48. The highest BCUT2D eigenvalue weighted by Gasteiger charge is 2.09. The molecule has 0 fully saturated rings. The third-order valence-corrected chi connectivity index (χ3v) is 2.31. The van der Waals surface area contributed by atoms with Crippen LogP contribution in [0.2, 0.25) is 0 Å². The number of rotatable bonds is 3. The molecule has 0 radical (unpaired) electrons. The number of aryl methyl sites for hydroxylation is 1. The summed E-state index contributed by atoms with van der Waals surface area (Å²) in [5, 5.41) is 0.415. The smallest absolute Gasteiger partial charge is 0.122 e. The van der Waals surface area contributed by atoms with E-state index in [4.69, 9.17) is 22.1 Å². The normalized spacial score (nSPS) is 11.4. The van der Waals surface area contributed by atoms with Crippen LogP contribution >= 0.6 is 11.6 Å². The van der Waals surface area contributed by atoms with E-state index in [1.807, 2.05) is 19.1 Å². The first kappa shape index (κ1) is 12.6. The molecule has 4 heteroatoms. The number of hydrogen-bond acceptors (Lipinski definition) is 2. The highest BCUT2D eigenvalue weighted by atomic mass is 35.5. The van der Waals surface area contributed by atoms with Crippen LogP contribution in [-0.4, -0.2) is 12.9 Å². The molecule has 0 aliphatic rings. The highest BCUT2D eigenvalue weighted by molar-refractivity contribution is 6.48. The minimum Gasteiger partial charge on any atom is -0.496 e. The summed E-state index contributed by atoms with van der Waals surface area (Å²) in [6.45, 7) is 7.36. The first-order chi connectivity index (χ1) is 7.45. The van der Waals surface area contributed by atoms with E-state index in [2.05, 4.69) is 11.6 Å². The van der Waals surface area contributed by atoms with Crippen LogP contribution in [0.5, 0.6) is 5.75 Å². The molecular weight excluding hydrogens is 224 g/mol. The Balaban J connectivity index is 3.42. The second-order valence-corrected chi connectivity index (χ2v) is 3.95. The van der Waals surface area contributed by atoms with Gasteiger partial charge in [-0.1, -0.05) is 18.2 Å². The molecule has 0 aliphatic heterocycles. The van der Waals surface area contributed by atoms with Gasteiger partial charge in [-0.25, -0.2) is 4.99 Å². The molecule has 0 saturated heterocycles. The van der Waals surface area contributed by atoms with E-state index in [9.17, 15) is 0 Å². The number of methoxy groups -OCH3 is 1. The van der Waals surface area contributed by atoms with E-state index < -0.39 is 0 Å². The summed E-state index contributed by atoms with van der Waals surface area (Å²) in [4.78, 5) is 4.21. The summed E-state index contributed by atoms with van der Waals surface area (Å²) in [6, 6.07) is 3.69. The molecule has 1 rings (SSSR count). The quantitative estimate of drug-likeness (QED) is 0.649. The lowest BCUT2D eigenvalue weighted by Crippen LogP contribution is -2.04. The zero-order valence-corrected chi connectivity index (χ0v) is 10.4. The number of nitrogens with two attached hydrogens (primary N) is 1. The lowest BCUT2D eigenvalue weighted by Gasteiger charge is -2.10. The second-order valence-electron chi connectivity index (χ2n) is 3.50. The topological polar surface area (TPSA) is 47.6 Å². The zero-order valence-electron chi connectivity index (χ0n) is 9.67. The molecule has 3 nitrogen and oxygen atoms in total. The van der Waals surface area contributed by atoms with Gasteiger partial charge >= 0.3 is 0 Å². The van der Waals surface area contributed by atoms with Crippen LogP contribution in [0.25, 0.3) is 5.03 Å². The molecule has 0 amide bonds. The predicted octanol–water partition coefficient (Wildman–Crippen LogP) is 3.22. The van der Waals surface area contributed by atoms with Crippen LogP contribution in [0.4, 0.5) is 5.69 Å². The van der Waals surface area contributed by atoms with Crippen LogP contribution in [0.15, 0.2) is 23.7 Å². The third-order valence-electron chi connectivity index (χ3n) is 2.10. The van der Waals surface area contributed by atoms with E-state index >= 15 is 0 Å². The van der Waals surface area contributed by atoms with Gasteiger partial charge in [0.05, 0.1) is 18.6 Å². The highest BCUT2D eigenvalue weighted by Crippen LogP contribution is 2.34. The molecule has 0 atom stereocenters. The summed E-state index contributed by atoms with van der Waals surface area (Å²) < 4.78 is 5.22. The van der Waals surface area contributed by atoms with E-state index in [1.165, 1.54) is 0 Å². The summed E-state index contributed by atoms with van der Waals surface area (Å²) in [7, 11) is 1.61. The molecule has 0 aromatic heterocycles. The van der Waals surface area contributed by atoms with Gasteiger partial charge in [0, 0.05) is 10.6 Å². The van der Waals surface area contributed by atoms with Crippen molar-refractivity contribution in [3.8, 4) is 5.75 Å². The summed E-state index contributed by atoms with van der Waals surface area (Å²) in [5.41, 5.74) is 7.97. The fourth-order valence-electron chi connectivity index (χ4n) is 1.39. The molecule has 0 aliphatic carbocycles. The van der Waals surface area contributed by atoms with Gasteiger partial charge < -0.3 is 10.5 Å². The first-order valence-electron chi connectivity index (χ1n) is 4.80. The fraction of sp³-hybridized carbons (Fsp3) is 0.250. The summed E-state index contributed by atoms with van der Waals surface area (Å²) >= 11 is 5.91. The average molecular weight is 239 g/mol.